The van der Waals surface area contributed by atoms with Crippen molar-refractivity contribution >= 4 is 40.2 Å². The maximum absolute atomic E-state index is 13.5. The molecule has 1 aromatic carbocycles. The number of amides is 1. The topological polar surface area (TPSA) is 74.9 Å². The number of benzene rings is 1. The Labute approximate surface area is 195 Å². The first-order valence-corrected chi connectivity index (χ1v) is 12.3. The van der Waals surface area contributed by atoms with Crippen LogP contribution in [0.4, 0.5) is 0 Å². The van der Waals surface area contributed by atoms with Gasteiger partial charge in [0.25, 0.3) is 11.5 Å². The fourth-order valence-corrected chi connectivity index (χ4v) is 6.01. The number of nitriles is 1. The van der Waals surface area contributed by atoms with Crippen LogP contribution in [0, 0.1) is 32.1 Å². The molecule has 0 saturated heterocycles. The van der Waals surface area contributed by atoms with Crippen molar-refractivity contribution in [1.29, 1.82) is 5.26 Å². The average molecular weight is 464 g/mol. The van der Waals surface area contributed by atoms with Crippen molar-refractivity contribution in [2.75, 3.05) is 0 Å². The third-order valence-electron chi connectivity index (χ3n) is 5.92. The summed E-state index contributed by atoms with van der Waals surface area (Å²) in [5, 5.41) is 12.9. The van der Waals surface area contributed by atoms with Gasteiger partial charge in [-0.1, -0.05) is 25.0 Å². The number of carbonyl (C=O) groups is 1. The second-order valence-electron chi connectivity index (χ2n) is 8.17. The first kappa shape index (κ1) is 22.3. The van der Waals surface area contributed by atoms with Crippen LogP contribution in [0.15, 0.2) is 35.1 Å². The minimum Gasteiger partial charge on any atom is -0.349 e. The molecule has 0 bridgehead atoms. The Morgan fingerprint density at radius 3 is 2.56 bits per heavy atom. The van der Waals surface area contributed by atoms with Crippen LogP contribution in [-0.2, 0) is 4.79 Å². The van der Waals surface area contributed by atoms with Gasteiger partial charge in [-0.3, -0.25) is 14.2 Å². The Bertz CT molecular complexity index is 1400. The highest BCUT2D eigenvalue weighted by atomic mass is 32.1. The molecule has 5 nitrogen and oxygen atoms in total. The Morgan fingerprint density at radius 1 is 1.16 bits per heavy atom. The third-order valence-corrected chi connectivity index (χ3v) is 7.96. The molecule has 164 valence electrons. The number of aromatic nitrogens is 1. The lowest BCUT2D eigenvalue weighted by molar-refractivity contribution is -0.116. The molecule has 1 fully saturated rings. The van der Waals surface area contributed by atoms with E-state index in [4.69, 9.17) is 0 Å². The van der Waals surface area contributed by atoms with E-state index < -0.39 is 5.91 Å². The lowest BCUT2D eigenvalue weighted by Gasteiger charge is -2.12. The minimum absolute atomic E-state index is 0.0121. The first-order chi connectivity index (χ1) is 15.4. The van der Waals surface area contributed by atoms with Gasteiger partial charge < -0.3 is 5.32 Å². The summed E-state index contributed by atoms with van der Waals surface area (Å²) in [6.45, 7) is 5.96. The molecule has 2 heterocycles. The third kappa shape index (κ3) is 4.34. The van der Waals surface area contributed by atoms with E-state index in [-0.39, 0.29) is 17.2 Å². The van der Waals surface area contributed by atoms with Crippen molar-refractivity contribution in [1.82, 2.24) is 9.88 Å². The van der Waals surface area contributed by atoms with E-state index in [1.54, 1.807) is 11.3 Å². The monoisotopic (exact) mass is 463 g/mol. The predicted molar refractivity (Wildman–Crippen MR) is 131 cm³/mol. The van der Waals surface area contributed by atoms with E-state index in [1.807, 2.05) is 57.2 Å². The van der Waals surface area contributed by atoms with E-state index in [2.05, 4.69) is 11.4 Å². The van der Waals surface area contributed by atoms with Crippen LogP contribution in [0.1, 0.15) is 46.6 Å². The number of thiazole rings is 1. The van der Waals surface area contributed by atoms with Crippen molar-refractivity contribution < 1.29 is 4.79 Å². The highest BCUT2D eigenvalue weighted by Gasteiger charge is 2.22. The summed E-state index contributed by atoms with van der Waals surface area (Å²) in [4.78, 5) is 28.7. The minimum atomic E-state index is -0.404. The number of carbonyl (C=O) groups excluding carboxylic acids is 1. The molecule has 1 aliphatic carbocycles. The maximum atomic E-state index is 13.5. The molecular weight excluding hydrogens is 438 g/mol. The molecule has 1 saturated carbocycles. The molecule has 0 aliphatic heterocycles. The zero-order chi connectivity index (χ0) is 22.8. The summed E-state index contributed by atoms with van der Waals surface area (Å²) in [5.74, 6) is -0.404. The van der Waals surface area contributed by atoms with Gasteiger partial charge in [-0.2, -0.15) is 5.26 Å². The molecule has 0 radical (unpaired) electrons. The maximum Gasteiger partial charge on any atom is 0.273 e. The molecule has 1 N–H and O–H groups in total. The molecule has 2 aromatic heterocycles. The molecule has 0 unspecified atom stereocenters. The molecule has 0 atom stereocenters. The van der Waals surface area contributed by atoms with Crippen molar-refractivity contribution in [3.05, 3.63) is 70.8 Å². The van der Waals surface area contributed by atoms with Gasteiger partial charge in [-0.15, -0.1) is 22.7 Å². The molecule has 4 rings (SSSR count). The van der Waals surface area contributed by atoms with Gasteiger partial charge in [0.05, 0.1) is 10.2 Å². The number of rotatable bonds is 4. The van der Waals surface area contributed by atoms with E-state index in [0.29, 0.717) is 14.9 Å². The van der Waals surface area contributed by atoms with E-state index in [0.717, 1.165) is 46.6 Å². The Balaban J connectivity index is 1.99. The SMILES string of the molecule is Cc1ccc(C=c2sc(=C(C#N)C(=O)NC3CCCC3)n(-c3cccc(C)c3C)c2=O)s1. The number of thiophene rings is 1. The molecule has 3 aromatic rings. The van der Waals surface area contributed by atoms with E-state index >= 15 is 0 Å². The summed E-state index contributed by atoms with van der Waals surface area (Å²) < 4.78 is 2.41. The van der Waals surface area contributed by atoms with Gasteiger partial charge in [-0.25, -0.2) is 0 Å². The average Bonchev–Trinajstić information content (AvgIpc) is 3.48. The highest BCUT2D eigenvalue weighted by Crippen LogP contribution is 2.19. The number of hydrogen-bond acceptors (Lipinski definition) is 5. The van der Waals surface area contributed by atoms with Crippen LogP contribution in [0.5, 0.6) is 0 Å². The van der Waals surface area contributed by atoms with Crippen LogP contribution in [0.2, 0.25) is 0 Å². The van der Waals surface area contributed by atoms with Crippen molar-refractivity contribution in [2.24, 2.45) is 0 Å². The van der Waals surface area contributed by atoms with E-state index in [9.17, 15) is 14.9 Å². The summed E-state index contributed by atoms with van der Waals surface area (Å²) in [6.07, 6.45) is 5.86. The smallest absolute Gasteiger partial charge is 0.273 e. The van der Waals surface area contributed by atoms with Crippen LogP contribution >= 0.6 is 22.7 Å². The number of nitrogens with one attached hydrogen (secondary N) is 1. The lowest BCUT2D eigenvalue weighted by atomic mass is 10.1. The van der Waals surface area contributed by atoms with Crippen molar-refractivity contribution in [2.45, 2.75) is 52.5 Å². The second-order valence-corrected chi connectivity index (χ2v) is 10.5. The molecule has 0 spiro atoms. The Hall–Kier alpha value is -2.95. The zero-order valence-corrected chi connectivity index (χ0v) is 20.0. The molecule has 32 heavy (non-hydrogen) atoms. The standard InChI is InChI=1S/C25H25N3O2S2/c1-15-7-6-10-21(17(15)3)28-24(30)22(13-19-12-11-16(2)31-19)32-25(28)20(14-26)23(29)27-18-8-4-5-9-18/h6-7,10-13,18H,4-5,8-9H2,1-3H3,(H,27,29). The number of nitrogens with zero attached hydrogens (tertiary/aromatic N) is 2. The van der Waals surface area contributed by atoms with Gasteiger partial charge in [0, 0.05) is 15.8 Å². The fraction of sp³-hybridized carbons (Fsp3) is 0.320. The number of aryl methyl sites for hydroxylation is 2. The second kappa shape index (κ2) is 9.27. The van der Waals surface area contributed by atoms with E-state index in [1.165, 1.54) is 15.9 Å². The van der Waals surface area contributed by atoms with Crippen LogP contribution in [0.3, 0.4) is 0 Å². The largest absolute Gasteiger partial charge is 0.349 e. The summed E-state index contributed by atoms with van der Waals surface area (Å²) in [5.41, 5.74) is 2.46. The molecule has 1 amide bonds. The van der Waals surface area contributed by atoms with Crippen LogP contribution in [-0.4, -0.2) is 16.5 Å². The number of hydrogen-bond donors (Lipinski definition) is 1. The fourth-order valence-electron chi connectivity index (χ4n) is 4.03. The van der Waals surface area contributed by atoms with Crippen molar-refractivity contribution in [3.63, 3.8) is 0 Å². The summed E-state index contributed by atoms with van der Waals surface area (Å²) in [7, 11) is 0. The predicted octanol–water partition coefficient (Wildman–Crippen LogP) is 3.45. The molecule has 1 aliphatic rings. The van der Waals surface area contributed by atoms with Gasteiger partial charge in [0.15, 0.2) is 5.57 Å². The molecule has 7 heteroatoms. The van der Waals surface area contributed by atoms with Gasteiger partial charge in [-0.05, 0) is 69.0 Å². The Kier molecular flexibility index (Phi) is 6.45. The van der Waals surface area contributed by atoms with Crippen LogP contribution < -0.4 is 20.1 Å². The van der Waals surface area contributed by atoms with Crippen LogP contribution in [0.25, 0.3) is 17.3 Å². The Morgan fingerprint density at radius 2 is 1.91 bits per heavy atom. The first-order valence-electron chi connectivity index (χ1n) is 10.7. The van der Waals surface area contributed by atoms with Gasteiger partial charge in [0.2, 0.25) is 0 Å². The summed E-state index contributed by atoms with van der Waals surface area (Å²) in [6, 6.07) is 11.9. The quantitative estimate of drug-likeness (QED) is 0.644. The molecular formula is C25H25N3O2S2. The normalized spacial score (nSPS) is 15.6. The summed E-state index contributed by atoms with van der Waals surface area (Å²) >= 11 is 2.80. The van der Waals surface area contributed by atoms with Gasteiger partial charge >= 0.3 is 0 Å². The highest BCUT2D eigenvalue weighted by molar-refractivity contribution is 7.13. The lowest BCUT2D eigenvalue weighted by Crippen LogP contribution is -2.37. The van der Waals surface area contributed by atoms with Gasteiger partial charge in [0.1, 0.15) is 10.7 Å². The zero-order valence-electron chi connectivity index (χ0n) is 18.4. The van der Waals surface area contributed by atoms with Crippen molar-refractivity contribution in [3.8, 4) is 11.8 Å².